The number of benzene rings is 1. The number of nitrogens with one attached hydrogen (secondary N) is 3. The summed E-state index contributed by atoms with van der Waals surface area (Å²) >= 11 is 0. The predicted octanol–water partition coefficient (Wildman–Crippen LogP) is 2.68. The van der Waals surface area contributed by atoms with E-state index in [1.807, 2.05) is 6.92 Å². The van der Waals surface area contributed by atoms with Gasteiger partial charge in [-0.2, -0.15) is 0 Å². The van der Waals surface area contributed by atoms with Crippen LogP contribution in [0.3, 0.4) is 0 Å². The summed E-state index contributed by atoms with van der Waals surface area (Å²) in [5.74, 6) is 0.545. The molecule has 3 amide bonds. The maximum absolute atomic E-state index is 11.7. The molecule has 9 heteroatoms. The van der Waals surface area contributed by atoms with Crippen molar-refractivity contribution in [2.45, 2.75) is 52.0 Å². The zero-order valence-electron chi connectivity index (χ0n) is 19.6. The number of aliphatic imine (C=N–C) groups is 1. The van der Waals surface area contributed by atoms with E-state index in [1.54, 1.807) is 0 Å². The molecule has 0 aromatic heterocycles. The molecule has 2 heterocycles. The Balaban J connectivity index is 0.00000363. The first-order valence-corrected chi connectivity index (χ1v) is 11.3. The third-order valence-corrected chi connectivity index (χ3v) is 5.81. The van der Waals surface area contributed by atoms with Crippen LogP contribution in [0.25, 0.3) is 0 Å². The summed E-state index contributed by atoms with van der Waals surface area (Å²) in [5.41, 5.74) is 2.80. The SMILES string of the molecule is CCNC(=NCCN1C(=O)CNC1=O)NC1CCN(c2ccc(C(C)(C)C)cc2)CC1.I. The number of nitrogens with zero attached hydrogens (tertiary/aromatic N) is 3. The van der Waals surface area contributed by atoms with Crippen LogP contribution in [-0.4, -0.2) is 68.1 Å². The lowest BCUT2D eigenvalue weighted by Crippen LogP contribution is -2.49. The van der Waals surface area contributed by atoms with Crippen molar-refractivity contribution in [3.8, 4) is 0 Å². The summed E-state index contributed by atoms with van der Waals surface area (Å²) in [6.07, 6.45) is 2.05. The fourth-order valence-corrected chi connectivity index (χ4v) is 3.91. The molecule has 1 aromatic rings. The number of hydrogen-bond donors (Lipinski definition) is 3. The molecule has 2 aliphatic rings. The van der Waals surface area contributed by atoms with Gasteiger partial charge in [0, 0.05) is 31.4 Å². The number of piperidine rings is 1. The topological polar surface area (TPSA) is 89.1 Å². The molecule has 2 saturated heterocycles. The molecule has 0 unspecified atom stereocenters. The maximum Gasteiger partial charge on any atom is 0.324 e. The first-order valence-electron chi connectivity index (χ1n) is 11.3. The van der Waals surface area contributed by atoms with E-state index in [4.69, 9.17) is 0 Å². The third kappa shape index (κ3) is 6.98. The van der Waals surface area contributed by atoms with Crippen molar-refractivity contribution in [1.82, 2.24) is 20.9 Å². The van der Waals surface area contributed by atoms with Crippen molar-refractivity contribution in [2.75, 3.05) is 44.2 Å². The van der Waals surface area contributed by atoms with Crippen LogP contribution in [0.15, 0.2) is 29.3 Å². The first kappa shape index (κ1) is 26.2. The van der Waals surface area contributed by atoms with Gasteiger partial charge in [0.1, 0.15) is 0 Å². The van der Waals surface area contributed by atoms with Gasteiger partial charge in [0.05, 0.1) is 19.6 Å². The van der Waals surface area contributed by atoms with Gasteiger partial charge in [-0.3, -0.25) is 14.7 Å². The first-order chi connectivity index (χ1) is 14.8. The van der Waals surface area contributed by atoms with Gasteiger partial charge in [-0.1, -0.05) is 32.9 Å². The summed E-state index contributed by atoms with van der Waals surface area (Å²) in [5, 5.41) is 9.31. The molecule has 32 heavy (non-hydrogen) atoms. The number of guanidine groups is 1. The number of carbonyl (C=O) groups is 2. The molecule has 2 fully saturated rings. The van der Waals surface area contributed by atoms with Gasteiger partial charge < -0.3 is 20.9 Å². The monoisotopic (exact) mass is 556 g/mol. The molecule has 0 aliphatic carbocycles. The average Bonchev–Trinajstić information content (AvgIpc) is 3.06. The molecule has 0 radical (unpaired) electrons. The molecule has 0 bridgehead atoms. The fourth-order valence-electron chi connectivity index (χ4n) is 3.91. The van der Waals surface area contributed by atoms with E-state index in [-0.39, 0.29) is 47.9 Å². The smallest absolute Gasteiger partial charge is 0.324 e. The van der Waals surface area contributed by atoms with Gasteiger partial charge in [-0.25, -0.2) is 4.79 Å². The highest BCUT2D eigenvalue weighted by atomic mass is 127. The van der Waals surface area contributed by atoms with Gasteiger partial charge in [-0.15, -0.1) is 24.0 Å². The highest BCUT2D eigenvalue weighted by Gasteiger charge is 2.27. The second-order valence-corrected chi connectivity index (χ2v) is 9.17. The number of urea groups is 1. The molecule has 1 aromatic carbocycles. The van der Waals surface area contributed by atoms with Crippen LogP contribution in [0.2, 0.25) is 0 Å². The Morgan fingerprint density at radius 3 is 2.34 bits per heavy atom. The summed E-state index contributed by atoms with van der Waals surface area (Å²) < 4.78 is 0. The van der Waals surface area contributed by atoms with Gasteiger partial charge in [-0.05, 0) is 42.9 Å². The van der Waals surface area contributed by atoms with E-state index in [9.17, 15) is 9.59 Å². The number of rotatable bonds is 6. The number of anilines is 1. The van der Waals surface area contributed by atoms with E-state index >= 15 is 0 Å². The lowest BCUT2D eigenvalue weighted by molar-refractivity contribution is -0.124. The molecule has 3 N–H and O–H groups in total. The van der Waals surface area contributed by atoms with E-state index in [0.717, 1.165) is 38.4 Å². The highest BCUT2D eigenvalue weighted by molar-refractivity contribution is 14.0. The zero-order chi connectivity index (χ0) is 22.4. The van der Waals surface area contributed by atoms with Crippen LogP contribution >= 0.6 is 24.0 Å². The van der Waals surface area contributed by atoms with Crippen molar-refractivity contribution in [1.29, 1.82) is 0 Å². The fraction of sp³-hybridized carbons (Fsp3) is 0.609. The van der Waals surface area contributed by atoms with Crippen molar-refractivity contribution in [2.24, 2.45) is 4.99 Å². The van der Waals surface area contributed by atoms with Crippen molar-refractivity contribution in [3.63, 3.8) is 0 Å². The standard InChI is InChI=1S/C23H36N6O2.HI/c1-5-24-21(25-12-15-29-20(30)16-26-22(29)31)27-18-10-13-28(14-11-18)19-8-6-17(7-9-19)23(2,3)4;/h6-9,18H,5,10-16H2,1-4H3,(H,26,31)(H2,24,25,27);1H. The lowest BCUT2D eigenvalue weighted by Gasteiger charge is -2.35. The van der Waals surface area contributed by atoms with E-state index in [2.05, 4.69) is 70.9 Å². The molecule has 0 spiro atoms. The minimum Gasteiger partial charge on any atom is -0.371 e. The van der Waals surface area contributed by atoms with Gasteiger partial charge in [0.15, 0.2) is 5.96 Å². The number of imide groups is 1. The van der Waals surface area contributed by atoms with Crippen molar-refractivity contribution < 1.29 is 9.59 Å². The third-order valence-electron chi connectivity index (χ3n) is 5.81. The summed E-state index contributed by atoms with van der Waals surface area (Å²) in [6.45, 7) is 12.2. The number of hydrogen-bond acceptors (Lipinski definition) is 4. The molecule has 0 atom stereocenters. The summed E-state index contributed by atoms with van der Waals surface area (Å²) in [4.78, 5) is 31.5. The molecular weight excluding hydrogens is 519 g/mol. The largest absolute Gasteiger partial charge is 0.371 e. The lowest BCUT2D eigenvalue weighted by atomic mass is 9.87. The molecule has 8 nitrogen and oxygen atoms in total. The van der Waals surface area contributed by atoms with Crippen LogP contribution in [-0.2, 0) is 10.2 Å². The predicted molar refractivity (Wildman–Crippen MR) is 140 cm³/mol. The van der Waals surface area contributed by atoms with Gasteiger partial charge >= 0.3 is 6.03 Å². The minimum atomic E-state index is -0.332. The molecule has 178 valence electrons. The molecule has 2 aliphatic heterocycles. The Morgan fingerprint density at radius 2 is 1.81 bits per heavy atom. The molecule has 3 rings (SSSR count). The number of amides is 3. The second-order valence-electron chi connectivity index (χ2n) is 9.17. The number of carbonyl (C=O) groups excluding carboxylic acids is 2. The molecular formula is C23H37IN6O2. The number of halogens is 1. The van der Waals surface area contributed by atoms with Crippen LogP contribution in [0.5, 0.6) is 0 Å². The average molecular weight is 556 g/mol. The Hall–Kier alpha value is -2.04. The van der Waals surface area contributed by atoms with Crippen molar-refractivity contribution in [3.05, 3.63) is 29.8 Å². The normalized spacial score (nSPS) is 17.8. The van der Waals surface area contributed by atoms with E-state index in [1.165, 1.54) is 16.2 Å². The Kier molecular flexibility index (Phi) is 9.60. The second kappa shape index (κ2) is 11.7. The summed E-state index contributed by atoms with van der Waals surface area (Å²) in [7, 11) is 0. The van der Waals surface area contributed by atoms with Crippen LogP contribution in [0, 0.1) is 0 Å². The van der Waals surface area contributed by atoms with Crippen LogP contribution in [0.4, 0.5) is 10.5 Å². The Labute approximate surface area is 208 Å². The zero-order valence-corrected chi connectivity index (χ0v) is 21.9. The Bertz CT molecular complexity index is 782. The minimum absolute atomic E-state index is 0. The van der Waals surface area contributed by atoms with Crippen molar-refractivity contribution >= 4 is 47.6 Å². The quantitative estimate of drug-likeness (QED) is 0.217. The van der Waals surface area contributed by atoms with Crippen LogP contribution < -0.4 is 20.9 Å². The van der Waals surface area contributed by atoms with Gasteiger partial charge in [0.25, 0.3) is 0 Å². The highest BCUT2D eigenvalue weighted by Crippen LogP contribution is 2.26. The van der Waals surface area contributed by atoms with E-state index < -0.39 is 0 Å². The van der Waals surface area contributed by atoms with E-state index in [0.29, 0.717) is 19.1 Å². The Morgan fingerprint density at radius 1 is 1.16 bits per heavy atom. The summed E-state index contributed by atoms with van der Waals surface area (Å²) in [6, 6.07) is 8.95. The van der Waals surface area contributed by atoms with Gasteiger partial charge in [0.2, 0.25) is 5.91 Å². The molecule has 0 saturated carbocycles. The van der Waals surface area contributed by atoms with Crippen LogP contribution in [0.1, 0.15) is 46.1 Å². The maximum atomic E-state index is 11.7.